The number of hydrogen-bond donors (Lipinski definition) is 1. The molecule has 0 atom stereocenters. The van der Waals surface area contributed by atoms with Crippen molar-refractivity contribution in [3.05, 3.63) is 53.1 Å². The van der Waals surface area contributed by atoms with E-state index in [9.17, 15) is 8.42 Å². The number of thiophene rings is 1. The smallest absolute Gasteiger partial charge is 0.271 e. The van der Waals surface area contributed by atoms with Crippen LogP contribution in [0.3, 0.4) is 0 Å². The van der Waals surface area contributed by atoms with Gasteiger partial charge in [0.1, 0.15) is 4.21 Å². The van der Waals surface area contributed by atoms with Gasteiger partial charge in [-0.25, -0.2) is 8.42 Å². The third kappa shape index (κ3) is 3.17. The third-order valence-corrected chi connectivity index (χ3v) is 6.07. The zero-order valence-corrected chi connectivity index (χ0v) is 13.7. The van der Waals surface area contributed by atoms with Crippen molar-refractivity contribution < 1.29 is 12.9 Å². The molecule has 3 rings (SSSR count). The zero-order valence-electron chi connectivity index (χ0n) is 10.5. The molecule has 0 saturated heterocycles. The minimum atomic E-state index is -3.61. The zero-order chi connectivity index (χ0) is 14.9. The molecule has 0 saturated carbocycles. The summed E-state index contributed by atoms with van der Waals surface area (Å²) in [4.78, 5) is 0.710. The van der Waals surface area contributed by atoms with Gasteiger partial charge in [0.2, 0.25) is 0 Å². The monoisotopic (exact) mass is 384 g/mol. The predicted molar refractivity (Wildman–Crippen MR) is 84.8 cm³/mol. The van der Waals surface area contributed by atoms with Crippen molar-refractivity contribution in [1.29, 1.82) is 0 Å². The molecule has 3 aromatic rings. The summed E-state index contributed by atoms with van der Waals surface area (Å²) in [6.07, 6.45) is 1.52. The highest BCUT2D eigenvalue weighted by atomic mass is 79.9. The van der Waals surface area contributed by atoms with Crippen molar-refractivity contribution in [2.24, 2.45) is 0 Å². The van der Waals surface area contributed by atoms with Crippen LogP contribution in [0.15, 0.2) is 61.9 Å². The lowest BCUT2D eigenvalue weighted by molar-refractivity contribution is 0.433. The minimum Gasteiger partial charge on any atom is -0.355 e. The molecule has 5 nitrogen and oxygen atoms in total. The van der Waals surface area contributed by atoms with E-state index in [-0.39, 0.29) is 4.21 Å². The van der Waals surface area contributed by atoms with Gasteiger partial charge in [0, 0.05) is 16.2 Å². The van der Waals surface area contributed by atoms with E-state index < -0.39 is 10.0 Å². The first-order valence-corrected chi connectivity index (χ1v) is 8.93. The van der Waals surface area contributed by atoms with Crippen LogP contribution >= 0.6 is 27.3 Å². The van der Waals surface area contributed by atoms with E-state index in [1.807, 2.05) is 6.07 Å². The maximum atomic E-state index is 12.3. The number of sulfonamides is 1. The molecule has 1 aromatic carbocycles. The molecule has 2 heterocycles. The summed E-state index contributed by atoms with van der Waals surface area (Å²) >= 11 is 4.43. The first kappa shape index (κ1) is 14.3. The molecule has 2 aromatic heterocycles. The van der Waals surface area contributed by atoms with Crippen LogP contribution in [-0.2, 0) is 10.0 Å². The van der Waals surface area contributed by atoms with Crippen LogP contribution in [0, 0.1) is 0 Å². The highest BCUT2D eigenvalue weighted by Crippen LogP contribution is 2.31. The molecule has 0 aliphatic heterocycles. The van der Waals surface area contributed by atoms with Crippen molar-refractivity contribution in [3.8, 4) is 10.6 Å². The number of hydrogen-bond acceptors (Lipinski definition) is 5. The standard InChI is InChI=1S/C13H9BrN2O3S2/c14-9-2-1-3-10(8-9)16-21(17,18)13-5-4-12(20-13)11-6-7-15-19-11/h1-8,16H. The van der Waals surface area contributed by atoms with Gasteiger partial charge in [-0.2, -0.15) is 0 Å². The lowest BCUT2D eigenvalue weighted by Crippen LogP contribution is -2.11. The van der Waals surface area contributed by atoms with Gasteiger partial charge >= 0.3 is 0 Å². The first-order chi connectivity index (χ1) is 10.0. The van der Waals surface area contributed by atoms with Crippen molar-refractivity contribution in [1.82, 2.24) is 5.16 Å². The van der Waals surface area contributed by atoms with Gasteiger partial charge in [-0.15, -0.1) is 11.3 Å². The Labute approximate surface area is 133 Å². The largest absolute Gasteiger partial charge is 0.355 e. The van der Waals surface area contributed by atoms with E-state index in [0.717, 1.165) is 15.8 Å². The summed E-state index contributed by atoms with van der Waals surface area (Å²) in [6, 6.07) is 11.9. The van der Waals surface area contributed by atoms with Crippen LogP contribution in [0.25, 0.3) is 10.6 Å². The van der Waals surface area contributed by atoms with Crippen LogP contribution in [0.2, 0.25) is 0 Å². The fourth-order valence-electron chi connectivity index (χ4n) is 1.70. The second kappa shape index (κ2) is 5.63. The third-order valence-electron chi connectivity index (χ3n) is 2.60. The van der Waals surface area contributed by atoms with E-state index >= 15 is 0 Å². The van der Waals surface area contributed by atoms with Gasteiger partial charge < -0.3 is 4.52 Å². The van der Waals surface area contributed by atoms with Crippen molar-refractivity contribution >= 4 is 43.0 Å². The summed E-state index contributed by atoms with van der Waals surface area (Å²) in [5, 5.41) is 3.61. The van der Waals surface area contributed by atoms with Crippen LogP contribution in [0.5, 0.6) is 0 Å². The second-order valence-electron chi connectivity index (χ2n) is 4.11. The number of anilines is 1. The molecule has 8 heteroatoms. The number of nitrogens with one attached hydrogen (secondary N) is 1. The first-order valence-electron chi connectivity index (χ1n) is 5.84. The summed E-state index contributed by atoms with van der Waals surface area (Å²) in [5.74, 6) is 0.545. The Morgan fingerprint density at radius 1 is 1.19 bits per heavy atom. The van der Waals surface area contributed by atoms with Gasteiger partial charge in [-0.1, -0.05) is 27.2 Å². The molecule has 0 amide bonds. The minimum absolute atomic E-state index is 0.217. The van der Waals surface area contributed by atoms with E-state index in [2.05, 4.69) is 25.8 Å². The summed E-state index contributed by atoms with van der Waals surface area (Å²) in [7, 11) is -3.61. The number of benzene rings is 1. The fourth-order valence-corrected chi connectivity index (χ4v) is 4.41. The van der Waals surface area contributed by atoms with Gasteiger partial charge in [-0.05, 0) is 30.3 Å². The lowest BCUT2D eigenvalue weighted by Gasteiger charge is -2.06. The molecule has 21 heavy (non-hydrogen) atoms. The van der Waals surface area contributed by atoms with Crippen LogP contribution < -0.4 is 4.72 Å². The van der Waals surface area contributed by atoms with E-state index in [1.165, 1.54) is 6.20 Å². The molecule has 0 unspecified atom stereocenters. The maximum absolute atomic E-state index is 12.3. The molecule has 108 valence electrons. The van der Waals surface area contributed by atoms with Crippen LogP contribution in [0.1, 0.15) is 0 Å². The Hall–Kier alpha value is -1.64. The van der Waals surface area contributed by atoms with Gasteiger partial charge in [0.05, 0.1) is 11.1 Å². The van der Waals surface area contributed by atoms with E-state index in [4.69, 9.17) is 4.52 Å². The number of rotatable bonds is 4. The average Bonchev–Trinajstić information content (AvgIpc) is 3.10. The molecular weight excluding hydrogens is 376 g/mol. The summed E-state index contributed by atoms with van der Waals surface area (Å²) in [6.45, 7) is 0. The molecular formula is C13H9BrN2O3S2. The highest BCUT2D eigenvalue weighted by molar-refractivity contribution is 9.10. The predicted octanol–water partition coefficient (Wildman–Crippen LogP) is 3.97. The fraction of sp³-hybridized carbons (Fsp3) is 0. The number of aromatic nitrogens is 1. The Morgan fingerprint density at radius 2 is 2.05 bits per heavy atom. The second-order valence-corrected chi connectivity index (χ2v) is 8.02. The highest BCUT2D eigenvalue weighted by Gasteiger charge is 2.18. The van der Waals surface area contributed by atoms with Gasteiger partial charge in [-0.3, -0.25) is 4.72 Å². The molecule has 0 spiro atoms. The topological polar surface area (TPSA) is 72.2 Å². The maximum Gasteiger partial charge on any atom is 0.271 e. The molecule has 0 fully saturated rings. The van der Waals surface area contributed by atoms with Crippen molar-refractivity contribution in [2.45, 2.75) is 4.21 Å². The summed E-state index contributed by atoms with van der Waals surface area (Å²) in [5.41, 5.74) is 0.499. The van der Waals surface area contributed by atoms with Crippen LogP contribution in [-0.4, -0.2) is 13.6 Å². The Bertz CT molecular complexity index is 857. The van der Waals surface area contributed by atoms with Crippen LogP contribution in [0.4, 0.5) is 5.69 Å². The Kier molecular flexibility index (Phi) is 3.83. The summed E-state index contributed by atoms with van der Waals surface area (Å²) < 4.78 is 33.2. The number of halogens is 1. The molecule has 0 radical (unpaired) electrons. The lowest BCUT2D eigenvalue weighted by atomic mass is 10.3. The SMILES string of the molecule is O=S(=O)(Nc1cccc(Br)c1)c1ccc(-c2ccno2)s1. The van der Waals surface area contributed by atoms with E-state index in [1.54, 1.807) is 36.4 Å². The molecule has 0 aliphatic rings. The normalized spacial score (nSPS) is 11.5. The molecule has 0 bridgehead atoms. The van der Waals surface area contributed by atoms with Gasteiger partial charge in [0.25, 0.3) is 10.0 Å². The quantitative estimate of drug-likeness (QED) is 0.738. The van der Waals surface area contributed by atoms with E-state index in [0.29, 0.717) is 16.3 Å². The Balaban J connectivity index is 1.89. The van der Waals surface area contributed by atoms with Crippen molar-refractivity contribution in [3.63, 3.8) is 0 Å². The average molecular weight is 385 g/mol. The van der Waals surface area contributed by atoms with Gasteiger partial charge in [0.15, 0.2) is 5.76 Å². The van der Waals surface area contributed by atoms with Crippen molar-refractivity contribution in [2.75, 3.05) is 4.72 Å². The Morgan fingerprint density at radius 3 is 2.76 bits per heavy atom. The molecule has 0 aliphatic carbocycles. The molecule has 1 N–H and O–H groups in total. The number of nitrogens with zero attached hydrogens (tertiary/aromatic N) is 1.